The van der Waals surface area contributed by atoms with Crippen molar-refractivity contribution in [2.24, 2.45) is 0 Å². The number of hydrogen-bond donors (Lipinski definition) is 1. The number of anilines is 1. The predicted octanol–water partition coefficient (Wildman–Crippen LogP) is 4.45. The number of carbonyl (C=O) groups is 3. The third kappa shape index (κ3) is 5.52. The van der Waals surface area contributed by atoms with Crippen molar-refractivity contribution in [3.05, 3.63) is 56.9 Å². The molecule has 32 heavy (non-hydrogen) atoms. The number of nitrogens with zero attached hydrogens (tertiary/aromatic N) is 1. The molecular formula is C23H19BrN2O5S. The van der Waals surface area contributed by atoms with E-state index in [2.05, 4.69) is 27.2 Å². The molecule has 3 amide bonds. The summed E-state index contributed by atoms with van der Waals surface area (Å²) < 4.78 is 11.6. The topological polar surface area (TPSA) is 84.9 Å². The van der Waals surface area contributed by atoms with Crippen molar-refractivity contribution in [1.29, 1.82) is 0 Å². The van der Waals surface area contributed by atoms with E-state index in [1.165, 1.54) is 7.11 Å². The lowest BCUT2D eigenvalue weighted by Gasteiger charge is -2.13. The molecule has 0 aromatic heterocycles. The van der Waals surface area contributed by atoms with Crippen LogP contribution in [0.2, 0.25) is 0 Å². The fourth-order valence-electron chi connectivity index (χ4n) is 2.78. The largest absolute Gasteiger partial charge is 0.493 e. The number of ether oxygens (including phenoxy) is 2. The molecule has 1 saturated heterocycles. The molecule has 1 aliphatic heterocycles. The van der Waals surface area contributed by atoms with Crippen LogP contribution in [0, 0.1) is 19.3 Å². The molecule has 3 rings (SSSR count). The zero-order valence-electron chi connectivity index (χ0n) is 17.3. The fraction of sp³-hybridized carbons (Fsp3) is 0.174. The van der Waals surface area contributed by atoms with Gasteiger partial charge in [0, 0.05) is 10.2 Å². The highest BCUT2D eigenvalue weighted by molar-refractivity contribution is 9.10. The van der Waals surface area contributed by atoms with Gasteiger partial charge in [-0.05, 0) is 54.6 Å². The fourth-order valence-corrected chi connectivity index (χ4v) is 4.05. The highest BCUT2D eigenvalue weighted by Gasteiger charge is 2.34. The number of thioether (sulfide) groups is 1. The van der Waals surface area contributed by atoms with Crippen molar-refractivity contribution >= 4 is 56.5 Å². The summed E-state index contributed by atoms with van der Waals surface area (Å²) in [7, 11) is 1.47. The lowest BCUT2D eigenvalue weighted by atomic mass is 10.2. The molecular weight excluding hydrogens is 496 g/mol. The minimum absolute atomic E-state index is 0.0794. The van der Waals surface area contributed by atoms with E-state index >= 15 is 0 Å². The number of aryl methyl sites for hydroxylation is 1. The number of benzene rings is 2. The van der Waals surface area contributed by atoms with Crippen LogP contribution in [-0.4, -0.2) is 42.2 Å². The summed E-state index contributed by atoms with van der Waals surface area (Å²) in [5, 5.41) is 2.34. The average Bonchev–Trinajstić information content (AvgIpc) is 3.03. The van der Waals surface area contributed by atoms with Crippen molar-refractivity contribution < 1.29 is 23.9 Å². The molecule has 1 N–H and O–H groups in total. The van der Waals surface area contributed by atoms with Gasteiger partial charge in [0.05, 0.1) is 18.6 Å². The summed E-state index contributed by atoms with van der Waals surface area (Å²) >= 11 is 4.25. The highest BCUT2D eigenvalue weighted by Crippen LogP contribution is 2.38. The Bertz CT molecular complexity index is 1140. The quantitative estimate of drug-likeness (QED) is 0.433. The Labute approximate surface area is 198 Å². The number of terminal acetylenes is 1. The summed E-state index contributed by atoms with van der Waals surface area (Å²) in [5.41, 5.74) is 2.37. The second-order valence-electron chi connectivity index (χ2n) is 6.70. The smallest absolute Gasteiger partial charge is 0.294 e. The summed E-state index contributed by atoms with van der Waals surface area (Å²) in [4.78, 5) is 37.8. The van der Waals surface area contributed by atoms with Crippen LogP contribution in [0.5, 0.6) is 11.5 Å². The van der Waals surface area contributed by atoms with Crippen LogP contribution < -0.4 is 14.8 Å². The lowest BCUT2D eigenvalue weighted by molar-refractivity contribution is -0.122. The number of hydrogen-bond acceptors (Lipinski definition) is 6. The van der Waals surface area contributed by atoms with Crippen molar-refractivity contribution in [3.8, 4) is 23.8 Å². The molecule has 164 valence electrons. The Balaban J connectivity index is 1.73. The Kier molecular flexibility index (Phi) is 7.62. The predicted molar refractivity (Wildman–Crippen MR) is 128 cm³/mol. The van der Waals surface area contributed by atoms with Crippen LogP contribution >= 0.6 is 27.7 Å². The number of imide groups is 1. The highest BCUT2D eigenvalue weighted by atomic mass is 79.9. The van der Waals surface area contributed by atoms with Crippen LogP contribution in [0.1, 0.15) is 11.1 Å². The minimum Gasteiger partial charge on any atom is -0.493 e. The second-order valence-corrected chi connectivity index (χ2v) is 8.55. The van der Waals surface area contributed by atoms with Gasteiger partial charge in [-0.3, -0.25) is 19.3 Å². The van der Waals surface area contributed by atoms with E-state index in [0.717, 1.165) is 22.2 Å². The molecule has 0 spiro atoms. The van der Waals surface area contributed by atoms with E-state index < -0.39 is 11.1 Å². The molecule has 0 atom stereocenters. The monoisotopic (exact) mass is 514 g/mol. The second kappa shape index (κ2) is 10.4. The molecule has 7 nitrogen and oxygen atoms in total. The van der Waals surface area contributed by atoms with Crippen LogP contribution in [-0.2, 0) is 9.59 Å². The molecule has 0 bridgehead atoms. The van der Waals surface area contributed by atoms with Crippen molar-refractivity contribution in [1.82, 2.24) is 4.90 Å². The van der Waals surface area contributed by atoms with Gasteiger partial charge in [-0.2, -0.15) is 0 Å². The van der Waals surface area contributed by atoms with Gasteiger partial charge in [0.25, 0.3) is 17.1 Å². The van der Waals surface area contributed by atoms with Crippen molar-refractivity contribution in [3.63, 3.8) is 0 Å². The summed E-state index contributed by atoms with van der Waals surface area (Å²) in [5.74, 6) is 2.24. The molecule has 9 heteroatoms. The maximum absolute atomic E-state index is 12.4. The first-order chi connectivity index (χ1) is 15.3. The number of rotatable bonds is 7. The standard InChI is InChI=1S/C23H19BrN2O5S/c1-4-9-26-22(28)20(32-23(26)29)11-15-10-18(30-3)19(12-17(15)24)31-13-21(27)25-16-7-5-14(2)6-8-16/h1,5-8,10-12H,9,13H2,2-3H3,(H,25,27)/b20-11+. The van der Waals surface area contributed by atoms with Crippen molar-refractivity contribution in [2.75, 3.05) is 25.6 Å². The van der Waals surface area contributed by atoms with Crippen LogP contribution in [0.3, 0.4) is 0 Å². The number of halogens is 1. The first-order valence-corrected chi connectivity index (χ1v) is 11.0. The SMILES string of the molecule is C#CCN1C(=O)S/C(=C/c2cc(OC)c(OCC(=O)Nc3ccc(C)cc3)cc2Br)C1=O. The zero-order valence-corrected chi connectivity index (χ0v) is 19.7. The van der Waals surface area contributed by atoms with E-state index in [9.17, 15) is 14.4 Å². The Morgan fingerprint density at radius 3 is 2.62 bits per heavy atom. The molecule has 0 saturated carbocycles. The van der Waals surface area contributed by atoms with E-state index in [4.69, 9.17) is 15.9 Å². The molecule has 1 fully saturated rings. The van der Waals surface area contributed by atoms with Gasteiger partial charge < -0.3 is 14.8 Å². The normalized spacial score (nSPS) is 14.4. The van der Waals surface area contributed by atoms with Gasteiger partial charge >= 0.3 is 0 Å². The number of nitrogens with one attached hydrogen (secondary N) is 1. The Hall–Kier alpha value is -3.22. The van der Waals surface area contributed by atoms with Crippen LogP contribution in [0.15, 0.2) is 45.8 Å². The molecule has 0 radical (unpaired) electrons. The molecule has 1 heterocycles. The maximum Gasteiger partial charge on any atom is 0.294 e. The Morgan fingerprint density at radius 2 is 1.97 bits per heavy atom. The summed E-state index contributed by atoms with van der Waals surface area (Å²) in [6, 6.07) is 10.7. The average molecular weight is 515 g/mol. The van der Waals surface area contributed by atoms with E-state index in [1.807, 2.05) is 31.2 Å². The third-order valence-corrected chi connectivity index (χ3v) is 5.98. The minimum atomic E-state index is -0.447. The maximum atomic E-state index is 12.4. The number of amides is 3. The summed E-state index contributed by atoms with van der Waals surface area (Å²) in [6.07, 6.45) is 6.79. The number of methoxy groups -OCH3 is 1. The molecule has 0 unspecified atom stereocenters. The van der Waals surface area contributed by atoms with Gasteiger partial charge in [-0.15, -0.1) is 6.42 Å². The Morgan fingerprint density at radius 1 is 1.25 bits per heavy atom. The van der Waals surface area contributed by atoms with Gasteiger partial charge in [0.15, 0.2) is 18.1 Å². The van der Waals surface area contributed by atoms with Gasteiger partial charge in [0.2, 0.25) is 0 Å². The van der Waals surface area contributed by atoms with Gasteiger partial charge in [-0.1, -0.05) is 39.5 Å². The van der Waals surface area contributed by atoms with E-state index in [-0.39, 0.29) is 24.0 Å². The van der Waals surface area contributed by atoms with Crippen LogP contribution in [0.25, 0.3) is 6.08 Å². The van der Waals surface area contributed by atoms with E-state index in [0.29, 0.717) is 27.2 Å². The molecule has 2 aromatic rings. The van der Waals surface area contributed by atoms with Crippen molar-refractivity contribution in [2.45, 2.75) is 6.92 Å². The first-order valence-electron chi connectivity index (χ1n) is 9.38. The molecule has 0 aliphatic carbocycles. The van der Waals surface area contributed by atoms with E-state index in [1.54, 1.807) is 18.2 Å². The number of carbonyl (C=O) groups excluding carboxylic acids is 3. The van der Waals surface area contributed by atoms with Gasteiger partial charge in [0.1, 0.15) is 0 Å². The first kappa shape index (κ1) is 23.4. The van der Waals surface area contributed by atoms with Crippen LogP contribution in [0.4, 0.5) is 10.5 Å². The molecule has 2 aromatic carbocycles. The zero-order chi connectivity index (χ0) is 23.3. The van der Waals surface area contributed by atoms with Gasteiger partial charge in [-0.25, -0.2) is 0 Å². The summed E-state index contributed by atoms with van der Waals surface area (Å²) in [6.45, 7) is 1.66. The molecule has 1 aliphatic rings. The third-order valence-electron chi connectivity index (χ3n) is 4.39. The lowest BCUT2D eigenvalue weighted by Crippen LogP contribution is -2.28.